The second-order valence-corrected chi connectivity index (χ2v) is 7.92. The molecule has 30 heavy (non-hydrogen) atoms. The maximum atomic E-state index is 11.6. The van der Waals surface area contributed by atoms with Crippen LogP contribution >= 0.6 is 0 Å². The molecule has 1 aliphatic heterocycles. The number of hydrogen-bond donors (Lipinski definition) is 2. The van der Waals surface area contributed by atoms with E-state index in [0.29, 0.717) is 5.56 Å². The largest absolute Gasteiger partial charge is 0.366 e. The SMILES string of the molecule is CO[C@H]1CCCN1CCn1c(C)c(Cc2ccc(C(=O)NO)cc2)c2ccccc21. The summed E-state index contributed by atoms with van der Waals surface area (Å²) in [6.45, 7) is 5.20. The Balaban J connectivity index is 1.59. The zero-order chi connectivity index (χ0) is 21.1. The summed E-state index contributed by atoms with van der Waals surface area (Å²) in [4.78, 5) is 14.0. The van der Waals surface area contributed by atoms with Gasteiger partial charge >= 0.3 is 0 Å². The first-order valence-corrected chi connectivity index (χ1v) is 10.5. The Morgan fingerprint density at radius 1 is 1.17 bits per heavy atom. The summed E-state index contributed by atoms with van der Waals surface area (Å²) in [5.74, 6) is -0.495. The first kappa shape index (κ1) is 20.6. The normalized spacial score (nSPS) is 17.0. The monoisotopic (exact) mass is 407 g/mol. The van der Waals surface area contributed by atoms with Crippen LogP contribution in [-0.4, -0.2) is 47.0 Å². The molecule has 0 unspecified atom stereocenters. The van der Waals surface area contributed by atoms with Crippen molar-refractivity contribution < 1.29 is 14.7 Å². The van der Waals surface area contributed by atoms with Gasteiger partial charge in [-0.1, -0.05) is 30.3 Å². The van der Waals surface area contributed by atoms with Crippen molar-refractivity contribution in [1.29, 1.82) is 0 Å². The number of aromatic nitrogens is 1. The van der Waals surface area contributed by atoms with Crippen LogP contribution in [0.1, 0.15) is 40.0 Å². The molecule has 0 aliphatic carbocycles. The lowest BCUT2D eigenvalue weighted by atomic mass is 10.0. The molecule has 4 rings (SSSR count). The fourth-order valence-corrected chi connectivity index (χ4v) is 4.60. The van der Waals surface area contributed by atoms with Gasteiger partial charge in [0.25, 0.3) is 5.91 Å². The smallest absolute Gasteiger partial charge is 0.274 e. The van der Waals surface area contributed by atoms with Crippen LogP contribution in [0.15, 0.2) is 48.5 Å². The third-order valence-corrected chi connectivity index (χ3v) is 6.25. The predicted octanol–water partition coefficient (Wildman–Crippen LogP) is 3.73. The summed E-state index contributed by atoms with van der Waals surface area (Å²) in [6, 6.07) is 16.0. The molecule has 1 fully saturated rings. The van der Waals surface area contributed by atoms with E-state index in [1.54, 1.807) is 24.7 Å². The zero-order valence-electron chi connectivity index (χ0n) is 17.6. The van der Waals surface area contributed by atoms with E-state index >= 15 is 0 Å². The van der Waals surface area contributed by atoms with Crippen LogP contribution in [0.5, 0.6) is 0 Å². The molecule has 2 heterocycles. The topological polar surface area (TPSA) is 66.7 Å². The lowest BCUT2D eigenvalue weighted by Crippen LogP contribution is -2.33. The molecule has 0 radical (unpaired) electrons. The highest BCUT2D eigenvalue weighted by atomic mass is 16.5. The van der Waals surface area contributed by atoms with Crippen LogP contribution in [0.25, 0.3) is 10.9 Å². The fraction of sp³-hybridized carbons (Fsp3) is 0.375. The minimum Gasteiger partial charge on any atom is -0.366 e. The van der Waals surface area contributed by atoms with Crippen molar-refractivity contribution in [3.05, 3.63) is 70.9 Å². The number of benzene rings is 2. The minimum absolute atomic E-state index is 0.237. The van der Waals surface area contributed by atoms with Crippen molar-refractivity contribution in [1.82, 2.24) is 14.9 Å². The first-order valence-electron chi connectivity index (χ1n) is 10.5. The van der Waals surface area contributed by atoms with E-state index < -0.39 is 5.91 Å². The lowest BCUT2D eigenvalue weighted by Gasteiger charge is -2.23. The maximum Gasteiger partial charge on any atom is 0.274 e. The number of ether oxygens (including phenoxy) is 1. The van der Waals surface area contributed by atoms with Crippen molar-refractivity contribution in [3.63, 3.8) is 0 Å². The predicted molar refractivity (Wildman–Crippen MR) is 117 cm³/mol. The van der Waals surface area contributed by atoms with Gasteiger partial charge in [0.05, 0.1) is 0 Å². The summed E-state index contributed by atoms with van der Waals surface area (Å²) in [5.41, 5.74) is 7.11. The summed E-state index contributed by atoms with van der Waals surface area (Å²) >= 11 is 0. The number of carbonyl (C=O) groups is 1. The number of amides is 1. The Kier molecular flexibility index (Phi) is 6.18. The van der Waals surface area contributed by atoms with E-state index in [-0.39, 0.29) is 6.23 Å². The molecule has 0 saturated carbocycles. The quantitative estimate of drug-likeness (QED) is 0.463. The Morgan fingerprint density at radius 2 is 1.93 bits per heavy atom. The Hall–Kier alpha value is -2.67. The third-order valence-electron chi connectivity index (χ3n) is 6.25. The molecule has 6 nitrogen and oxygen atoms in total. The molecule has 1 saturated heterocycles. The number of nitrogens with one attached hydrogen (secondary N) is 1. The van der Waals surface area contributed by atoms with Crippen molar-refractivity contribution in [2.75, 3.05) is 20.2 Å². The zero-order valence-corrected chi connectivity index (χ0v) is 17.6. The van der Waals surface area contributed by atoms with Crippen molar-refractivity contribution in [2.24, 2.45) is 0 Å². The van der Waals surface area contributed by atoms with Gasteiger partial charge < -0.3 is 9.30 Å². The molecule has 1 amide bonds. The van der Waals surface area contributed by atoms with Gasteiger partial charge in [0.15, 0.2) is 0 Å². The second-order valence-electron chi connectivity index (χ2n) is 7.92. The minimum atomic E-state index is -0.495. The van der Waals surface area contributed by atoms with Crippen molar-refractivity contribution in [3.8, 4) is 0 Å². The molecule has 6 heteroatoms. The number of carbonyl (C=O) groups excluding carboxylic acids is 1. The van der Waals surface area contributed by atoms with E-state index in [2.05, 4.69) is 40.7 Å². The summed E-state index contributed by atoms with van der Waals surface area (Å²) in [6.07, 6.45) is 3.34. The third kappa shape index (κ3) is 3.99. The molecule has 1 aromatic heterocycles. The molecular formula is C24H29N3O3. The highest BCUT2D eigenvalue weighted by Gasteiger charge is 2.24. The highest BCUT2D eigenvalue weighted by molar-refractivity contribution is 5.93. The fourth-order valence-electron chi connectivity index (χ4n) is 4.60. The van der Waals surface area contributed by atoms with Gasteiger partial charge in [-0.15, -0.1) is 0 Å². The molecule has 158 valence electrons. The number of nitrogens with zero attached hydrogens (tertiary/aromatic N) is 2. The maximum absolute atomic E-state index is 11.6. The first-order chi connectivity index (χ1) is 14.6. The number of methoxy groups -OCH3 is 1. The molecular weight excluding hydrogens is 378 g/mol. The average molecular weight is 408 g/mol. The number of hydrogen-bond acceptors (Lipinski definition) is 4. The van der Waals surface area contributed by atoms with Crippen molar-refractivity contribution >= 4 is 16.8 Å². The van der Waals surface area contributed by atoms with E-state index in [9.17, 15) is 4.79 Å². The van der Waals surface area contributed by atoms with Gasteiger partial charge in [0.2, 0.25) is 0 Å². The van der Waals surface area contributed by atoms with E-state index in [0.717, 1.165) is 38.0 Å². The van der Waals surface area contributed by atoms with Gasteiger partial charge in [-0.3, -0.25) is 14.9 Å². The summed E-state index contributed by atoms with van der Waals surface area (Å²) in [7, 11) is 1.80. The number of rotatable bonds is 7. The Labute approximate surface area is 177 Å². The van der Waals surface area contributed by atoms with E-state index in [1.165, 1.54) is 28.6 Å². The van der Waals surface area contributed by atoms with E-state index in [4.69, 9.17) is 9.94 Å². The van der Waals surface area contributed by atoms with E-state index in [1.807, 2.05) is 12.1 Å². The van der Waals surface area contributed by atoms with Crippen LogP contribution in [0, 0.1) is 6.92 Å². The van der Waals surface area contributed by atoms with Gasteiger partial charge in [-0.05, 0) is 55.5 Å². The lowest BCUT2D eigenvalue weighted by molar-refractivity contribution is -0.00505. The number of likely N-dealkylation sites (tertiary alicyclic amines) is 1. The van der Waals surface area contributed by atoms with Gasteiger partial charge in [0, 0.05) is 48.9 Å². The molecule has 0 bridgehead atoms. The molecule has 3 aromatic rings. The molecule has 0 spiro atoms. The Morgan fingerprint density at radius 3 is 2.67 bits per heavy atom. The van der Waals surface area contributed by atoms with Crippen LogP contribution in [0.3, 0.4) is 0 Å². The number of fused-ring (bicyclic) bond motifs is 1. The standard InChI is InChI=1S/C24H29N3O3/c1-17-21(16-18-9-11-19(12-10-18)24(28)25-29)20-6-3-4-7-22(20)27(17)15-14-26-13-5-8-23(26)30-2/h3-4,6-7,9-12,23,29H,5,8,13-16H2,1-2H3,(H,25,28)/t23-/m0/s1. The summed E-state index contributed by atoms with van der Waals surface area (Å²) in [5, 5.41) is 10.1. The molecule has 1 atom stereocenters. The van der Waals surface area contributed by atoms with Crippen LogP contribution < -0.4 is 5.48 Å². The number of hydroxylamine groups is 1. The second kappa shape index (κ2) is 9.00. The van der Waals surface area contributed by atoms with Gasteiger partial charge in [-0.2, -0.15) is 0 Å². The highest BCUT2D eigenvalue weighted by Crippen LogP contribution is 2.29. The van der Waals surface area contributed by atoms with Crippen LogP contribution in [0.4, 0.5) is 0 Å². The van der Waals surface area contributed by atoms with Gasteiger partial charge in [-0.25, -0.2) is 5.48 Å². The van der Waals surface area contributed by atoms with Crippen molar-refractivity contribution in [2.45, 2.75) is 39.0 Å². The molecule has 2 aromatic carbocycles. The molecule has 2 N–H and O–H groups in total. The number of para-hydroxylation sites is 1. The summed E-state index contributed by atoms with van der Waals surface area (Å²) < 4.78 is 8.04. The Bertz CT molecular complexity index is 1030. The molecule has 1 aliphatic rings. The van der Waals surface area contributed by atoms with Gasteiger partial charge in [0.1, 0.15) is 6.23 Å². The van der Waals surface area contributed by atoms with Crippen LogP contribution in [0.2, 0.25) is 0 Å². The average Bonchev–Trinajstić information content (AvgIpc) is 3.35. The van der Waals surface area contributed by atoms with Crippen LogP contribution in [-0.2, 0) is 17.7 Å².